The zero-order valence-electron chi connectivity index (χ0n) is 15.1. The summed E-state index contributed by atoms with van der Waals surface area (Å²) in [6.07, 6.45) is 4.08. The van der Waals surface area contributed by atoms with Crippen molar-refractivity contribution in [2.45, 2.75) is 45.4 Å². The highest BCUT2D eigenvalue weighted by Gasteiger charge is 2.26. The monoisotopic (exact) mass is 357 g/mol. The van der Waals surface area contributed by atoms with Crippen molar-refractivity contribution in [3.63, 3.8) is 0 Å². The Morgan fingerprint density at radius 1 is 1.08 bits per heavy atom. The van der Waals surface area contributed by atoms with E-state index in [0.29, 0.717) is 5.56 Å². The zero-order chi connectivity index (χ0) is 19.0. The van der Waals surface area contributed by atoms with Crippen LogP contribution in [-0.2, 0) is 27.3 Å². The van der Waals surface area contributed by atoms with Crippen molar-refractivity contribution in [1.82, 2.24) is 15.3 Å². The number of hydrogen-bond acceptors (Lipinski definition) is 6. The lowest BCUT2D eigenvalue weighted by Gasteiger charge is -2.23. The predicted octanol–water partition coefficient (Wildman–Crippen LogP) is 2.66. The minimum atomic E-state index is -0.903. The Morgan fingerprint density at radius 2 is 1.73 bits per heavy atom. The number of nitrogens with one attached hydrogen (secondary N) is 1. The molecule has 1 N–H and O–H groups in total. The number of hydrogen-bond donors (Lipinski definition) is 1. The standard InChI is InChI=1S/C19H23N3O4/c1-19(2,3)26-18(24)22-16(9-15-10-20-13-21-11-15)17(23)25-12-14-7-5-4-6-8-14/h4-8,10-11,13,16H,9,12H2,1-3H3,(H,22,24)/t16-/m1/s1. The van der Waals surface area contributed by atoms with Crippen molar-refractivity contribution < 1.29 is 19.1 Å². The van der Waals surface area contributed by atoms with Crippen molar-refractivity contribution in [3.8, 4) is 0 Å². The number of aromatic nitrogens is 2. The largest absolute Gasteiger partial charge is 0.459 e. The van der Waals surface area contributed by atoms with E-state index in [2.05, 4.69) is 15.3 Å². The van der Waals surface area contributed by atoms with Gasteiger partial charge < -0.3 is 14.8 Å². The molecule has 7 heteroatoms. The SMILES string of the molecule is CC(C)(C)OC(=O)N[C@H](Cc1cncnc1)C(=O)OCc1ccccc1. The minimum absolute atomic E-state index is 0.122. The fourth-order valence-electron chi connectivity index (χ4n) is 2.14. The second-order valence-electron chi connectivity index (χ2n) is 6.74. The van der Waals surface area contributed by atoms with Gasteiger partial charge in [0.25, 0.3) is 0 Å². The van der Waals surface area contributed by atoms with Crippen LogP contribution < -0.4 is 5.32 Å². The average molecular weight is 357 g/mol. The second kappa shape index (κ2) is 8.94. The van der Waals surface area contributed by atoms with Crippen LogP contribution in [0.4, 0.5) is 4.79 Å². The molecular formula is C19H23N3O4. The molecule has 1 aromatic carbocycles. The first-order valence-electron chi connectivity index (χ1n) is 8.27. The van der Waals surface area contributed by atoms with Gasteiger partial charge in [0.15, 0.2) is 0 Å². The molecule has 7 nitrogen and oxygen atoms in total. The molecule has 2 aromatic rings. The molecule has 0 saturated carbocycles. The topological polar surface area (TPSA) is 90.4 Å². The summed E-state index contributed by atoms with van der Waals surface area (Å²) in [7, 11) is 0. The van der Waals surface area contributed by atoms with Crippen molar-refractivity contribution in [3.05, 3.63) is 60.2 Å². The summed E-state index contributed by atoms with van der Waals surface area (Å²) in [6, 6.07) is 8.41. The number of ether oxygens (including phenoxy) is 2. The highest BCUT2D eigenvalue weighted by Crippen LogP contribution is 2.09. The Bertz CT molecular complexity index is 715. The maximum Gasteiger partial charge on any atom is 0.408 e. The summed E-state index contributed by atoms with van der Waals surface area (Å²) >= 11 is 0. The summed E-state index contributed by atoms with van der Waals surface area (Å²) < 4.78 is 10.6. The van der Waals surface area contributed by atoms with Crippen LogP contribution in [0.15, 0.2) is 49.1 Å². The first-order valence-corrected chi connectivity index (χ1v) is 8.27. The van der Waals surface area contributed by atoms with Gasteiger partial charge in [0, 0.05) is 18.8 Å². The minimum Gasteiger partial charge on any atom is -0.459 e. The van der Waals surface area contributed by atoms with Gasteiger partial charge in [-0.25, -0.2) is 19.6 Å². The number of alkyl carbamates (subject to hydrolysis) is 1. The number of carbonyl (C=O) groups excluding carboxylic acids is 2. The van der Waals surface area contributed by atoms with E-state index in [4.69, 9.17) is 9.47 Å². The number of benzene rings is 1. The first-order chi connectivity index (χ1) is 12.3. The number of nitrogens with zero attached hydrogens (tertiary/aromatic N) is 2. The molecule has 0 fully saturated rings. The van der Waals surface area contributed by atoms with Gasteiger partial charge in [-0.05, 0) is 31.9 Å². The van der Waals surface area contributed by atoms with Gasteiger partial charge in [-0.15, -0.1) is 0 Å². The Hall–Kier alpha value is -2.96. The summed E-state index contributed by atoms with van der Waals surface area (Å²) in [4.78, 5) is 32.4. The summed E-state index contributed by atoms with van der Waals surface area (Å²) in [5.41, 5.74) is 0.892. The summed E-state index contributed by atoms with van der Waals surface area (Å²) in [5.74, 6) is -0.552. The molecule has 0 radical (unpaired) electrons. The van der Waals surface area contributed by atoms with Gasteiger partial charge in [0.05, 0.1) is 0 Å². The van der Waals surface area contributed by atoms with Crippen molar-refractivity contribution in [2.75, 3.05) is 0 Å². The van der Waals surface area contributed by atoms with Crippen LogP contribution >= 0.6 is 0 Å². The van der Waals surface area contributed by atoms with Gasteiger partial charge in [-0.3, -0.25) is 0 Å². The van der Waals surface area contributed by atoms with Crippen LogP contribution in [0.25, 0.3) is 0 Å². The molecule has 1 amide bonds. The van der Waals surface area contributed by atoms with E-state index < -0.39 is 23.7 Å². The van der Waals surface area contributed by atoms with E-state index in [9.17, 15) is 9.59 Å². The van der Waals surface area contributed by atoms with Crippen LogP contribution in [-0.4, -0.2) is 33.7 Å². The third kappa shape index (κ3) is 6.88. The van der Waals surface area contributed by atoms with E-state index in [1.807, 2.05) is 30.3 Å². The Balaban J connectivity index is 2.03. The smallest absolute Gasteiger partial charge is 0.408 e. The fourth-order valence-corrected chi connectivity index (χ4v) is 2.14. The second-order valence-corrected chi connectivity index (χ2v) is 6.74. The van der Waals surface area contributed by atoms with Gasteiger partial charge in [-0.2, -0.15) is 0 Å². The number of amides is 1. The average Bonchev–Trinajstić information content (AvgIpc) is 2.59. The lowest BCUT2D eigenvalue weighted by molar-refractivity contribution is -0.147. The van der Waals surface area contributed by atoms with E-state index in [0.717, 1.165) is 5.56 Å². The van der Waals surface area contributed by atoms with E-state index in [1.165, 1.54) is 6.33 Å². The van der Waals surface area contributed by atoms with Crippen molar-refractivity contribution in [1.29, 1.82) is 0 Å². The van der Waals surface area contributed by atoms with Gasteiger partial charge in [0.2, 0.25) is 0 Å². The molecule has 1 heterocycles. The molecule has 0 unspecified atom stereocenters. The van der Waals surface area contributed by atoms with Crippen LogP contribution in [0.1, 0.15) is 31.9 Å². The van der Waals surface area contributed by atoms with Crippen molar-refractivity contribution in [2.24, 2.45) is 0 Å². The van der Waals surface area contributed by atoms with E-state index in [1.54, 1.807) is 33.2 Å². The van der Waals surface area contributed by atoms with Crippen LogP contribution in [0.2, 0.25) is 0 Å². The zero-order valence-corrected chi connectivity index (χ0v) is 15.1. The highest BCUT2D eigenvalue weighted by atomic mass is 16.6. The highest BCUT2D eigenvalue weighted by molar-refractivity contribution is 5.81. The number of carbonyl (C=O) groups is 2. The Labute approximate surface area is 152 Å². The molecule has 0 aliphatic carbocycles. The Morgan fingerprint density at radius 3 is 2.35 bits per heavy atom. The summed E-state index contributed by atoms with van der Waals surface area (Å²) in [5, 5.41) is 2.57. The third-order valence-electron chi connectivity index (χ3n) is 3.25. The molecular weight excluding hydrogens is 334 g/mol. The third-order valence-corrected chi connectivity index (χ3v) is 3.25. The summed E-state index contributed by atoms with van der Waals surface area (Å²) in [6.45, 7) is 5.37. The van der Waals surface area contributed by atoms with E-state index >= 15 is 0 Å². The number of esters is 1. The maximum absolute atomic E-state index is 12.5. The van der Waals surface area contributed by atoms with Crippen LogP contribution in [0, 0.1) is 0 Å². The normalized spacial score (nSPS) is 12.1. The van der Waals surface area contributed by atoms with Gasteiger partial charge >= 0.3 is 12.1 Å². The molecule has 138 valence electrons. The molecule has 2 rings (SSSR count). The first kappa shape index (κ1) is 19.4. The number of rotatable bonds is 6. The van der Waals surface area contributed by atoms with Gasteiger partial charge in [-0.1, -0.05) is 30.3 Å². The molecule has 0 aliphatic heterocycles. The molecule has 0 bridgehead atoms. The predicted molar refractivity (Wildman–Crippen MR) is 95.1 cm³/mol. The lowest BCUT2D eigenvalue weighted by atomic mass is 10.1. The van der Waals surface area contributed by atoms with Crippen molar-refractivity contribution >= 4 is 12.1 Å². The molecule has 1 atom stereocenters. The molecule has 0 saturated heterocycles. The lowest BCUT2D eigenvalue weighted by Crippen LogP contribution is -2.45. The molecule has 1 aromatic heterocycles. The van der Waals surface area contributed by atoms with Crippen LogP contribution in [0.5, 0.6) is 0 Å². The van der Waals surface area contributed by atoms with Gasteiger partial charge in [0.1, 0.15) is 24.6 Å². The fraction of sp³-hybridized carbons (Fsp3) is 0.368. The van der Waals surface area contributed by atoms with Crippen LogP contribution in [0.3, 0.4) is 0 Å². The molecule has 0 spiro atoms. The Kier molecular flexibility index (Phi) is 6.66. The molecule has 0 aliphatic rings. The molecule has 26 heavy (non-hydrogen) atoms. The quantitative estimate of drug-likeness (QED) is 0.799. The maximum atomic E-state index is 12.5. The van der Waals surface area contributed by atoms with E-state index in [-0.39, 0.29) is 13.0 Å².